The number of nitrogens with zero attached hydrogens (tertiary/aromatic N) is 6. The third kappa shape index (κ3) is 6.16. The lowest BCUT2D eigenvalue weighted by Crippen LogP contribution is -2.58. The largest absolute Gasteiger partial charge is 0.463 e. The van der Waals surface area contributed by atoms with Crippen LogP contribution in [0.1, 0.15) is 27.2 Å². The van der Waals surface area contributed by atoms with Gasteiger partial charge in [-0.25, -0.2) is 9.40 Å². The van der Waals surface area contributed by atoms with Crippen LogP contribution in [0.3, 0.4) is 0 Å². The average Bonchev–Trinajstić information content (AvgIpc) is 2.51. The minimum atomic E-state index is -1.56. The van der Waals surface area contributed by atoms with Crippen molar-refractivity contribution in [1.29, 1.82) is 0 Å². The predicted molar refractivity (Wildman–Crippen MR) is 81.6 cm³/mol. The normalized spacial score (nSPS) is 27.2. The molecule has 0 aliphatic carbocycles. The number of azide groups is 1. The Labute approximate surface area is 143 Å². The van der Waals surface area contributed by atoms with Crippen LogP contribution in [0.4, 0.5) is 4.39 Å². The van der Waals surface area contributed by atoms with Crippen LogP contribution in [0.25, 0.3) is 10.4 Å². The average molecular weight is 360 g/mol. The molecule has 1 aliphatic heterocycles. The van der Waals surface area contributed by atoms with Gasteiger partial charge >= 0.3 is 11.9 Å². The Morgan fingerprint density at radius 2 is 2.12 bits per heavy atom. The number of ether oxygens (including phenoxy) is 3. The minimum absolute atomic E-state index is 0.00581. The van der Waals surface area contributed by atoms with Gasteiger partial charge in [0.25, 0.3) is 0 Å². The summed E-state index contributed by atoms with van der Waals surface area (Å²) < 4.78 is 29.7. The molecule has 12 heteroatoms. The van der Waals surface area contributed by atoms with Crippen molar-refractivity contribution in [3.05, 3.63) is 10.4 Å². The summed E-state index contributed by atoms with van der Waals surface area (Å²) in [6.45, 7) is 3.36. The number of halogens is 1. The van der Waals surface area contributed by atoms with Crippen molar-refractivity contribution >= 4 is 11.9 Å². The molecule has 0 radical (unpaired) electrons. The first-order valence-corrected chi connectivity index (χ1v) is 7.52. The van der Waals surface area contributed by atoms with Gasteiger partial charge in [0.1, 0.15) is 18.9 Å². The molecule has 0 aromatic rings. The lowest BCUT2D eigenvalue weighted by Gasteiger charge is -2.43. The second kappa shape index (κ2) is 9.74. The van der Waals surface area contributed by atoms with Crippen LogP contribution in [0, 0.1) is 0 Å². The molecule has 0 spiro atoms. The van der Waals surface area contributed by atoms with Gasteiger partial charge in [-0.3, -0.25) is 9.59 Å². The Kier molecular flexibility index (Phi) is 8.02. The van der Waals surface area contributed by atoms with Gasteiger partial charge in [0, 0.05) is 25.2 Å². The summed E-state index contributed by atoms with van der Waals surface area (Å²) >= 11 is 0. The Balaban J connectivity index is 3.20. The molecule has 1 saturated heterocycles. The Morgan fingerprint density at radius 3 is 2.60 bits per heavy atom. The fourth-order valence-electron chi connectivity index (χ4n) is 2.50. The van der Waals surface area contributed by atoms with Crippen LogP contribution < -0.4 is 0 Å². The van der Waals surface area contributed by atoms with Crippen LogP contribution in [0.2, 0.25) is 0 Å². The summed E-state index contributed by atoms with van der Waals surface area (Å²) in [5, 5.41) is 11.8. The van der Waals surface area contributed by atoms with Crippen molar-refractivity contribution in [3.63, 3.8) is 0 Å². The zero-order valence-electron chi connectivity index (χ0n) is 14.4. The maximum Gasteiger partial charge on any atom is 0.303 e. The topological polar surface area (TPSA) is 139 Å². The number of rotatable bonds is 7. The highest BCUT2D eigenvalue weighted by atomic mass is 19.1. The van der Waals surface area contributed by atoms with E-state index in [1.807, 2.05) is 0 Å². The van der Waals surface area contributed by atoms with E-state index in [1.54, 1.807) is 0 Å². The summed E-state index contributed by atoms with van der Waals surface area (Å²) in [6.07, 6.45) is -4.51. The van der Waals surface area contributed by atoms with E-state index in [0.29, 0.717) is 0 Å². The fourth-order valence-corrected chi connectivity index (χ4v) is 2.50. The monoisotopic (exact) mass is 360 g/mol. The molecule has 11 nitrogen and oxygen atoms in total. The number of carbonyl (C=O) groups excluding carboxylic acids is 2. The molecular formula is C13H21FN6O5. The molecule has 0 bridgehead atoms. The highest BCUT2D eigenvalue weighted by Gasteiger charge is 2.45. The summed E-state index contributed by atoms with van der Waals surface area (Å²) in [4.78, 5) is 25.2. The van der Waals surface area contributed by atoms with Gasteiger partial charge in [-0.15, -0.1) is 0 Å². The molecule has 2 unspecified atom stereocenters. The molecule has 0 amide bonds. The van der Waals surface area contributed by atoms with E-state index in [4.69, 9.17) is 19.7 Å². The summed E-state index contributed by atoms with van der Waals surface area (Å²) in [5.74, 6) is -1.20. The predicted octanol–water partition coefficient (Wildman–Crippen LogP) is 1.89. The fraction of sp³-hybridized carbons (Fsp3) is 0.846. The third-order valence-electron chi connectivity index (χ3n) is 3.35. The number of hydrogen-bond donors (Lipinski definition) is 0. The molecule has 25 heavy (non-hydrogen) atoms. The van der Waals surface area contributed by atoms with Crippen molar-refractivity contribution in [3.8, 4) is 0 Å². The van der Waals surface area contributed by atoms with Crippen LogP contribution in [-0.4, -0.2) is 61.4 Å². The number of hydrogen-bond acceptors (Lipinski definition) is 8. The Hall–Kier alpha value is -2.46. The summed E-state index contributed by atoms with van der Waals surface area (Å²) in [5.41, 5.74) is 8.65. The van der Waals surface area contributed by atoms with Crippen LogP contribution >= 0.6 is 0 Å². The van der Waals surface area contributed by atoms with Crippen molar-refractivity contribution < 1.29 is 28.2 Å². The maximum absolute atomic E-state index is 14.0. The molecule has 1 rings (SSSR count). The quantitative estimate of drug-likeness (QED) is 0.170. The van der Waals surface area contributed by atoms with E-state index in [1.165, 1.54) is 27.8 Å². The summed E-state index contributed by atoms with van der Waals surface area (Å²) in [6, 6.07) is -0.836. The lowest BCUT2D eigenvalue weighted by atomic mass is 9.97. The van der Waals surface area contributed by atoms with Crippen LogP contribution in [-0.2, 0) is 23.8 Å². The van der Waals surface area contributed by atoms with Crippen molar-refractivity contribution in [2.75, 3.05) is 13.7 Å². The standard InChI is InChI=1S/C13H21FN6O5/c1-7(14)20(19-16-4)10-5-12(17-18-15)25-11(6-23-8(2)21)13(10)24-9(3)22/h7,10-13H,5-6H2,1-4H3/t7?,10-,11-,12?,13-/m1/s1. The molecule has 140 valence electrons. The second-order valence-electron chi connectivity index (χ2n) is 5.26. The van der Waals surface area contributed by atoms with Gasteiger partial charge in [-0.05, 0) is 12.5 Å². The number of esters is 2. The van der Waals surface area contributed by atoms with Gasteiger partial charge < -0.3 is 14.2 Å². The van der Waals surface area contributed by atoms with Crippen molar-refractivity contribution in [1.82, 2.24) is 5.01 Å². The maximum atomic E-state index is 14.0. The molecule has 0 N–H and O–H groups in total. The van der Waals surface area contributed by atoms with Gasteiger partial charge in [0.15, 0.2) is 12.4 Å². The Bertz CT molecular complexity index is 553. The molecule has 1 heterocycles. The smallest absolute Gasteiger partial charge is 0.303 e. The van der Waals surface area contributed by atoms with E-state index in [9.17, 15) is 14.0 Å². The first-order chi connectivity index (χ1) is 11.8. The van der Waals surface area contributed by atoms with E-state index in [2.05, 4.69) is 20.4 Å². The van der Waals surface area contributed by atoms with Gasteiger partial charge in [-0.1, -0.05) is 10.3 Å². The highest BCUT2D eigenvalue weighted by molar-refractivity contribution is 5.66. The van der Waals surface area contributed by atoms with Crippen molar-refractivity contribution in [2.45, 2.75) is 58.0 Å². The number of alkyl halides is 1. The highest BCUT2D eigenvalue weighted by Crippen LogP contribution is 2.30. The second-order valence-corrected chi connectivity index (χ2v) is 5.26. The molecule has 0 aromatic carbocycles. The van der Waals surface area contributed by atoms with E-state index >= 15 is 0 Å². The van der Waals surface area contributed by atoms with Crippen molar-refractivity contribution in [2.24, 2.45) is 15.5 Å². The van der Waals surface area contributed by atoms with Crippen LogP contribution in [0.15, 0.2) is 15.5 Å². The van der Waals surface area contributed by atoms with E-state index in [-0.39, 0.29) is 13.0 Å². The molecule has 5 atom stereocenters. The summed E-state index contributed by atoms with van der Waals surface area (Å²) in [7, 11) is 1.36. The van der Waals surface area contributed by atoms with Gasteiger partial charge in [-0.2, -0.15) is 5.11 Å². The lowest BCUT2D eigenvalue weighted by molar-refractivity contribution is -0.202. The first kappa shape index (κ1) is 20.6. The Morgan fingerprint density at radius 1 is 1.44 bits per heavy atom. The van der Waals surface area contributed by atoms with Gasteiger partial charge in [0.05, 0.1) is 13.1 Å². The van der Waals surface area contributed by atoms with E-state index in [0.717, 1.165) is 5.01 Å². The number of carbonyl (C=O) groups is 2. The molecule has 1 fully saturated rings. The molecule has 0 saturated carbocycles. The first-order valence-electron chi connectivity index (χ1n) is 7.52. The van der Waals surface area contributed by atoms with Gasteiger partial charge in [0.2, 0.25) is 0 Å². The SMILES string of the molecule is CN=NN(C(C)F)[C@@H]1CC(N=[N+]=[N-])O[C@H](COC(C)=O)[C@@H]1OC(C)=O. The zero-order valence-corrected chi connectivity index (χ0v) is 14.4. The third-order valence-corrected chi connectivity index (χ3v) is 3.35. The molecular weight excluding hydrogens is 339 g/mol. The molecule has 1 aliphatic rings. The van der Waals surface area contributed by atoms with E-state index < -0.39 is 42.7 Å². The minimum Gasteiger partial charge on any atom is -0.463 e. The zero-order chi connectivity index (χ0) is 19.0. The molecule has 0 aromatic heterocycles. The van der Waals surface area contributed by atoms with Crippen LogP contribution in [0.5, 0.6) is 0 Å².